The third-order valence-electron chi connectivity index (χ3n) is 4.83. The molecule has 0 saturated carbocycles. The molecular weight excluding hydrogens is 378 g/mol. The molecule has 1 aliphatic heterocycles. The molecule has 2 N–H and O–H groups in total. The zero-order chi connectivity index (χ0) is 20.6. The molecule has 0 aliphatic carbocycles. The van der Waals surface area contributed by atoms with Crippen molar-refractivity contribution in [3.63, 3.8) is 0 Å². The van der Waals surface area contributed by atoms with Crippen LogP contribution in [0.5, 0.6) is 0 Å². The molecule has 0 aromatic heterocycles. The number of aliphatic hydroxyl groups is 1. The van der Waals surface area contributed by atoms with Crippen molar-refractivity contribution in [1.82, 2.24) is 0 Å². The van der Waals surface area contributed by atoms with Crippen LogP contribution in [0.4, 0.5) is 20.2 Å². The SMILES string of the molecule is O=C(CN1C(=O)[C@](O)(c2cccc(F)c2)c2ccccc21)Nc1ccccc1F. The summed E-state index contributed by atoms with van der Waals surface area (Å²) in [7, 11) is 0. The zero-order valence-electron chi connectivity index (χ0n) is 15.1. The summed E-state index contributed by atoms with van der Waals surface area (Å²) < 4.78 is 27.5. The summed E-state index contributed by atoms with van der Waals surface area (Å²) in [5.41, 5.74) is -1.51. The topological polar surface area (TPSA) is 69.6 Å². The normalized spacial score (nSPS) is 17.9. The van der Waals surface area contributed by atoms with Gasteiger partial charge in [-0.2, -0.15) is 0 Å². The van der Waals surface area contributed by atoms with Crippen LogP contribution < -0.4 is 10.2 Å². The van der Waals surface area contributed by atoms with E-state index >= 15 is 0 Å². The van der Waals surface area contributed by atoms with E-state index < -0.39 is 35.6 Å². The van der Waals surface area contributed by atoms with Gasteiger partial charge in [0.05, 0.1) is 11.4 Å². The highest BCUT2D eigenvalue weighted by Gasteiger charge is 2.51. The fourth-order valence-corrected chi connectivity index (χ4v) is 3.48. The lowest BCUT2D eigenvalue weighted by Crippen LogP contribution is -2.44. The first-order valence-electron chi connectivity index (χ1n) is 8.85. The zero-order valence-corrected chi connectivity index (χ0v) is 15.1. The number of halogens is 2. The molecule has 4 rings (SSSR count). The Hall–Kier alpha value is -3.58. The van der Waals surface area contributed by atoms with Gasteiger partial charge in [-0.3, -0.25) is 14.5 Å². The van der Waals surface area contributed by atoms with Crippen molar-refractivity contribution >= 4 is 23.2 Å². The van der Waals surface area contributed by atoms with E-state index in [1.165, 1.54) is 36.4 Å². The first kappa shape index (κ1) is 18.8. The molecule has 0 spiro atoms. The maximum atomic E-state index is 13.8. The van der Waals surface area contributed by atoms with Gasteiger partial charge in [0.2, 0.25) is 5.91 Å². The van der Waals surface area contributed by atoms with Gasteiger partial charge in [0.15, 0.2) is 5.60 Å². The lowest BCUT2D eigenvalue weighted by molar-refractivity contribution is -0.133. The monoisotopic (exact) mass is 394 g/mol. The predicted molar refractivity (Wildman–Crippen MR) is 103 cm³/mol. The van der Waals surface area contributed by atoms with E-state index in [-0.39, 0.29) is 16.8 Å². The van der Waals surface area contributed by atoms with Gasteiger partial charge in [-0.25, -0.2) is 8.78 Å². The van der Waals surface area contributed by atoms with Crippen molar-refractivity contribution < 1.29 is 23.5 Å². The molecule has 3 aromatic carbocycles. The second-order valence-corrected chi connectivity index (χ2v) is 6.66. The lowest BCUT2D eigenvalue weighted by Gasteiger charge is -2.23. The molecule has 146 valence electrons. The Kier molecular flexibility index (Phi) is 4.60. The van der Waals surface area contributed by atoms with Crippen molar-refractivity contribution in [1.29, 1.82) is 0 Å². The molecule has 0 fully saturated rings. The maximum absolute atomic E-state index is 13.8. The largest absolute Gasteiger partial charge is 0.372 e. The number of anilines is 2. The fourth-order valence-electron chi connectivity index (χ4n) is 3.48. The van der Waals surface area contributed by atoms with E-state index in [0.29, 0.717) is 5.69 Å². The molecule has 0 saturated heterocycles. The number of benzene rings is 3. The number of rotatable bonds is 4. The number of hydrogen-bond donors (Lipinski definition) is 2. The Morgan fingerprint density at radius 3 is 2.48 bits per heavy atom. The summed E-state index contributed by atoms with van der Waals surface area (Å²) in [6.07, 6.45) is 0. The third-order valence-corrected chi connectivity index (χ3v) is 4.83. The molecule has 0 unspecified atom stereocenters. The van der Waals surface area contributed by atoms with Crippen LogP contribution in [0, 0.1) is 11.6 Å². The molecule has 2 amide bonds. The van der Waals surface area contributed by atoms with Crippen molar-refractivity contribution in [2.24, 2.45) is 0 Å². The number of carbonyl (C=O) groups excluding carboxylic acids is 2. The first-order valence-corrected chi connectivity index (χ1v) is 8.85. The molecule has 1 atom stereocenters. The van der Waals surface area contributed by atoms with Gasteiger partial charge in [0.1, 0.15) is 18.2 Å². The Balaban J connectivity index is 1.68. The molecule has 1 heterocycles. The van der Waals surface area contributed by atoms with E-state index in [4.69, 9.17) is 0 Å². The van der Waals surface area contributed by atoms with Crippen LogP contribution in [0.25, 0.3) is 0 Å². The molecule has 0 bridgehead atoms. The van der Waals surface area contributed by atoms with Crippen LogP contribution >= 0.6 is 0 Å². The molecule has 1 aliphatic rings. The number of amides is 2. The van der Waals surface area contributed by atoms with E-state index in [1.54, 1.807) is 30.3 Å². The van der Waals surface area contributed by atoms with Gasteiger partial charge in [-0.05, 0) is 30.3 Å². The highest BCUT2D eigenvalue weighted by molar-refractivity contribution is 6.12. The van der Waals surface area contributed by atoms with Gasteiger partial charge in [0, 0.05) is 11.1 Å². The smallest absolute Gasteiger partial charge is 0.268 e. The summed E-state index contributed by atoms with van der Waals surface area (Å²) in [5, 5.41) is 13.7. The summed E-state index contributed by atoms with van der Waals surface area (Å²) in [6.45, 7) is -0.443. The van der Waals surface area contributed by atoms with Crippen LogP contribution in [0.15, 0.2) is 72.8 Å². The quantitative estimate of drug-likeness (QED) is 0.714. The van der Waals surface area contributed by atoms with Crippen LogP contribution in [0.2, 0.25) is 0 Å². The van der Waals surface area contributed by atoms with E-state index in [1.807, 2.05) is 0 Å². The van der Waals surface area contributed by atoms with Crippen molar-refractivity contribution in [2.75, 3.05) is 16.8 Å². The van der Waals surface area contributed by atoms with Gasteiger partial charge in [-0.15, -0.1) is 0 Å². The number of para-hydroxylation sites is 2. The standard InChI is InChI=1S/C22H16F2N2O3/c23-15-7-5-6-14(12-15)22(29)16-8-1-4-11-19(16)26(21(22)28)13-20(27)25-18-10-3-2-9-17(18)24/h1-12,29H,13H2,(H,25,27)/t22-/m0/s1. The van der Waals surface area contributed by atoms with Crippen molar-refractivity contribution in [3.05, 3.63) is 95.6 Å². The second-order valence-electron chi connectivity index (χ2n) is 6.66. The Labute approximate surface area is 165 Å². The average Bonchev–Trinajstić information content (AvgIpc) is 2.93. The maximum Gasteiger partial charge on any atom is 0.268 e. The van der Waals surface area contributed by atoms with Gasteiger partial charge in [-0.1, -0.05) is 42.5 Å². The van der Waals surface area contributed by atoms with Crippen molar-refractivity contribution in [2.45, 2.75) is 5.60 Å². The van der Waals surface area contributed by atoms with Crippen LogP contribution in [-0.4, -0.2) is 23.5 Å². The van der Waals surface area contributed by atoms with Crippen LogP contribution in [-0.2, 0) is 15.2 Å². The minimum absolute atomic E-state index is 0.0159. The van der Waals surface area contributed by atoms with Gasteiger partial charge in [0.25, 0.3) is 5.91 Å². The predicted octanol–water partition coefficient (Wildman–Crippen LogP) is 3.19. The second kappa shape index (κ2) is 7.10. The first-order chi connectivity index (χ1) is 13.9. The Bertz CT molecular complexity index is 1120. The summed E-state index contributed by atoms with van der Waals surface area (Å²) >= 11 is 0. The number of nitrogens with zero attached hydrogens (tertiary/aromatic N) is 1. The van der Waals surface area contributed by atoms with E-state index in [0.717, 1.165) is 11.0 Å². The number of hydrogen-bond acceptors (Lipinski definition) is 3. The third kappa shape index (κ3) is 3.15. The van der Waals surface area contributed by atoms with Gasteiger partial charge < -0.3 is 10.4 Å². The minimum Gasteiger partial charge on any atom is -0.372 e. The van der Waals surface area contributed by atoms with Gasteiger partial charge >= 0.3 is 0 Å². The van der Waals surface area contributed by atoms with E-state index in [9.17, 15) is 23.5 Å². The summed E-state index contributed by atoms with van der Waals surface area (Å²) in [6, 6.07) is 17.2. The molecule has 3 aromatic rings. The highest BCUT2D eigenvalue weighted by Crippen LogP contribution is 2.44. The molecule has 29 heavy (non-hydrogen) atoms. The molecular formula is C22H16F2N2O3. The molecule has 7 heteroatoms. The Morgan fingerprint density at radius 2 is 1.72 bits per heavy atom. The number of nitrogens with one attached hydrogen (secondary N) is 1. The molecule has 0 radical (unpaired) electrons. The lowest BCUT2D eigenvalue weighted by atomic mass is 9.87. The fraction of sp³-hybridized carbons (Fsp3) is 0.0909. The number of carbonyl (C=O) groups is 2. The Morgan fingerprint density at radius 1 is 1.00 bits per heavy atom. The molecule has 5 nitrogen and oxygen atoms in total. The average molecular weight is 394 g/mol. The van der Waals surface area contributed by atoms with Crippen LogP contribution in [0.3, 0.4) is 0 Å². The summed E-state index contributed by atoms with van der Waals surface area (Å²) in [5.74, 6) is -2.63. The van der Waals surface area contributed by atoms with Crippen LogP contribution in [0.1, 0.15) is 11.1 Å². The minimum atomic E-state index is -2.13. The highest BCUT2D eigenvalue weighted by atomic mass is 19.1. The summed E-state index contributed by atoms with van der Waals surface area (Å²) in [4.78, 5) is 26.7. The number of fused-ring (bicyclic) bond motifs is 1. The van der Waals surface area contributed by atoms with E-state index in [2.05, 4.69) is 5.32 Å². The van der Waals surface area contributed by atoms with Crippen molar-refractivity contribution in [3.8, 4) is 0 Å².